The van der Waals surface area contributed by atoms with E-state index in [1.54, 1.807) is 7.11 Å². The van der Waals surface area contributed by atoms with Crippen molar-refractivity contribution in [2.45, 2.75) is 12.8 Å². The third kappa shape index (κ3) is 2.95. The average molecular weight is 251 g/mol. The molecule has 18 heavy (non-hydrogen) atoms. The van der Waals surface area contributed by atoms with Crippen molar-refractivity contribution in [1.29, 1.82) is 0 Å². The Morgan fingerprint density at radius 3 is 2.89 bits per heavy atom. The van der Waals surface area contributed by atoms with Gasteiger partial charge in [-0.25, -0.2) is 14.8 Å². The normalized spacial score (nSPS) is 16.8. The molecule has 0 aromatic carbocycles. The molecule has 6 heteroatoms. The summed E-state index contributed by atoms with van der Waals surface area (Å²) in [6, 6.07) is 1.41. The maximum Gasteiger partial charge on any atom is 0.354 e. The Kier molecular flexibility index (Phi) is 4.09. The van der Waals surface area contributed by atoms with E-state index in [-0.39, 0.29) is 5.69 Å². The number of methoxy groups -OCH3 is 1. The summed E-state index contributed by atoms with van der Waals surface area (Å²) in [5.41, 5.74) is 0.0408. The van der Waals surface area contributed by atoms with Crippen LogP contribution in [0, 0.1) is 5.92 Å². The number of aromatic nitrogens is 2. The number of hydrogen-bond acceptors (Lipinski definition) is 5. The van der Waals surface area contributed by atoms with E-state index in [2.05, 4.69) is 9.97 Å². The Balaban J connectivity index is 2.01. The maximum absolute atomic E-state index is 10.8. The van der Waals surface area contributed by atoms with Crippen molar-refractivity contribution in [2.24, 2.45) is 5.92 Å². The number of aromatic carboxylic acids is 1. The fraction of sp³-hybridized carbons (Fsp3) is 0.583. The molecule has 0 bridgehead atoms. The third-order valence-electron chi connectivity index (χ3n) is 3.16. The molecular formula is C12H17N3O3. The first kappa shape index (κ1) is 12.8. The van der Waals surface area contributed by atoms with Gasteiger partial charge in [0.15, 0.2) is 5.69 Å². The highest BCUT2D eigenvalue weighted by Crippen LogP contribution is 2.20. The van der Waals surface area contributed by atoms with E-state index < -0.39 is 5.97 Å². The first-order valence-electron chi connectivity index (χ1n) is 6.01. The average Bonchev–Trinajstić information content (AvgIpc) is 2.40. The SMILES string of the molecule is COCC1CCN(c2nccc(C(=O)O)n2)CC1. The van der Waals surface area contributed by atoms with Crippen LogP contribution in [0.1, 0.15) is 23.3 Å². The Bertz CT molecular complexity index is 417. The van der Waals surface area contributed by atoms with Gasteiger partial charge >= 0.3 is 5.97 Å². The minimum absolute atomic E-state index is 0.0408. The molecular weight excluding hydrogens is 234 g/mol. The van der Waals surface area contributed by atoms with E-state index in [1.807, 2.05) is 4.90 Å². The fourth-order valence-electron chi connectivity index (χ4n) is 2.16. The summed E-state index contributed by atoms with van der Waals surface area (Å²) >= 11 is 0. The summed E-state index contributed by atoms with van der Waals surface area (Å²) < 4.78 is 5.15. The number of carboxylic acid groups (broad SMARTS) is 1. The van der Waals surface area contributed by atoms with Gasteiger partial charge in [-0.1, -0.05) is 0 Å². The highest BCUT2D eigenvalue weighted by molar-refractivity contribution is 5.85. The number of carbonyl (C=O) groups is 1. The fourth-order valence-corrected chi connectivity index (χ4v) is 2.16. The largest absolute Gasteiger partial charge is 0.477 e. The lowest BCUT2D eigenvalue weighted by Gasteiger charge is -2.31. The second-order valence-corrected chi connectivity index (χ2v) is 4.43. The summed E-state index contributed by atoms with van der Waals surface area (Å²) in [6.07, 6.45) is 3.54. The number of anilines is 1. The van der Waals surface area contributed by atoms with Crippen LogP contribution in [0.3, 0.4) is 0 Å². The minimum Gasteiger partial charge on any atom is -0.477 e. The van der Waals surface area contributed by atoms with Crippen LogP contribution in [0.15, 0.2) is 12.3 Å². The van der Waals surface area contributed by atoms with E-state index in [9.17, 15) is 4.79 Å². The number of nitrogens with zero attached hydrogens (tertiary/aromatic N) is 3. The van der Waals surface area contributed by atoms with Crippen molar-refractivity contribution in [3.8, 4) is 0 Å². The van der Waals surface area contributed by atoms with Crippen molar-refractivity contribution in [3.05, 3.63) is 18.0 Å². The lowest BCUT2D eigenvalue weighted by atomic mass is 9.98. The molecule has 0 atom stereocenters. The number of hydrogen-bond donors (Lipinski definition) is 1. The molecule has 6 nitrogen and oxygen atoms in total. The quantitative estimate of drug-likeness (QED) is 0.861. The zero-order valence-corrected chi connectivity index (χ0v) is 10.4. The molecule has 1 aromatic rings. The molecule has 0 radical (unpaired) electrons. The predicted molar refractivity (Wildman–Crippen MR) is 65.8 cm³/mol. The van der Waals surface area contributed by atoms with Gasteiger partial charge in [-0.3, -0.25) is 0 Å². The molecule has 0 saturated carbocycles. The zero-order valence-electron chi connectivity index (χ0n) is 10.4. The van der Waals surface area contributed by atoms with E-state index in [0.717, 1.165) is 32.5 Å². The van der Waals surface area contributed by atoms with Gasteiger partial charge in [0.05, 0.1) is 0 Å². The van der Waals surface area contributed by atoms with Gasteiger partial charge in [0.2, 0.25) is 5.95 Å². The van der Waals surface area contributed by atoms with E-state index in [4.69, 9.17) is 9.84 Å². The minimum atomic E-state index is -1.02. The van der Waals surface area contributed by atoms with Crippen molar-refractivity contribution < 1.29 is 14.6 Å². The van der Waals surface area contributed by atoms with Crippen molar-refractivity contribution in [2.75, 3.05) is 31.7 Å². The summed E-state index contributed by atoms with van der Waals surface area (Å²) in [6.45, 7) is 2.47. The highest BCUT2D eigenvalue weighted by Gasteiger charge is 2.21. The first-order chi connectivity index (χ1) is 8.70. The Hall–Kier alpha value is -1.69. The van der Waals surface area contributed by atoms with Crippen LogP contribution in [0.2, 0.25) is 0 Å². The van der Waals surface area contributed by atoms with Gasteiger partial charge < -0.3 is 14.7 Å². The highest BCUT2D eigenvalue weighted by atomic mass is 16.5. The van der Waals surface area contributed by atoms with Gasteiger partial charge in [-0.15, -0.1) is 0 Å². The van der Waals surface area contributed by atoms with Crippen LogP contribution < -0.4 is 4.90 Å². The van der Waals surface area contributed by atoms with Gasteiger partial charge in [-0.2, -0.15) is 0 Å². The first-order valence-corrected chi connectivity index (χ1v) is 6.01. The van der Waals surface area contributed by atoms with Gasteiger partial charge in [0, 0.05) is 33.0 Å². The topological polar surface area (TPSA) is 75.5 Å². The Morgan fingerprint density at radius 2 is 2.28 bits per heavy atom. The molecule has 1 N–H and O–H groups in total. The van der Waals surface area contributed by atoms with E-state index >= 15 is 0 Å². The molecule has 0 spiro atoms. The summed E-state index contributed by atoms with van der Waals surface area (Å²) in [5, 5.41) is 8.89. The van der Waals surface area contributed by atoms with Crippen LogP contribution in [0.5, 0.6) is 0 Å². The third-order valence-corrected chi connectivity index (χ3v) is 3.16. The summed E-state index contributed by atoms with van der Waals surface area (Å²) in [4.78, 5) is 21.1. The molecule has 1 saturated heterocycles. The molecule has 0 unspecified atom stereocenters. The van der Waals surface area contributed by atoms with E-state index in [0.29, 0.717) is 11.9 Å². The molecule has 1 aliphatic heterocycles. The molecule has 2 heterocycles. The predicted octanol–water partition coefficient (Wildman–Crippen LogP) is 1.04. The van der Waals surface area contributed by atoms with Gasteiger partial charge in [0.1, 0.15) is 0 Å². The monoisotopic (exact) mass is 251 g/mol. The standard InChI is InChI=1S/C12H17N3O3/c1-18-8-9-3-6-15(7-4-9)12-13-5-2-10(14-12)11(16)17/h2,5,9H,3-4,6-8H2,1H3,(H,16,17). The molecule has 0 amide bonds. The van der Waals surface area contributed by atoms with Crippen LogP contribution in [0.25, 0.3) is 0 Å². The molecule has 0 aliphatic carbocycles. The van der Waals surface area contributed by atoms with Gasteiger partial charge in [0.25, 0.3) is 0 Å². The Labute approximate surface area is 106 Å². The molecule has 1 aliphatic rings. The second-order valence-electron chi connectivity index (χ2n) is 4.43. The van der Waals surface area contributed by atoms with Crippen LogP contribution >= 0.6 is 0 Å². The summed E-state index contributed by atoms with van der Waals surface area (Å²) in [7, 11) is 1.71. The second kappa shape index (κ2) is 5.77. The number of carboxylic acids is 1. The number of rotatable bonds is 4. The smallest absolute Gasteiger partial charge is 0.354 e. The lowest BCUT2D eigenvalue weighted by Crippen LogP contribution is -2.36. The molecule has 1 aromatic heterocycles. The van der Waals surface area contributed by atoms with E-state index in [1.165, 1.54) is 12.3 Å². The molecule has 1 fully saturated rings. The number of ether oxygens (including phenoxy) is 1. The molecule has 98 valence electrons. The van der Waals surface area contributed by atoms with Crippen LogP contribution in [-0.4, -0.2) is 47.8 Å². The van der Waals surface area contributed by atoms with Crippen LogP contribution in [-0.2, 0) is 4.74 Å². The zero-order chi connectivity index (χ0) is 13.0. The van der Waals surface area contributed by atoms with Gasteiger partial charge in [-0.05, 0) is 24.8 Å². The van der Waals surface area contributed by atoms with Crippen molar-refractivity contribution >= 4 is 11.9 Å². The lowest BCUT2D eigenvalue weighted by molar-refractivity contribution is 0.0690. The van der Waals surface area contributed by atoms with Crippen LogP contribution in [0.4, 0.5) is 5.95 Å². The summed E-state index contributed by atoms with van der Waals surface area (Å²) in [5.74, 6) is 0.0626. The Morgan fingerprint density at radius 1 is 1.56 bits per heavy atom. The number of piperidine rings is 1. The maximum atomic E-state index is 10.8. The van der Waals surface area contributed by atoms with Crippen molar-refractivity contribution in [3.63, 3.8) is 0 Å². The van der Waals surface area contributed by atoms with Crippen molar-refractivity contribution in [1.82, 2.24) is 9.97 Å². The molecule has 2 rings (SSSR count).